The first-order valence-corrected chi connectivity index (χ1v) is 10.2. The number of aromatic nitrogens is 3. The number of nitro benzene ring substituents is 1. The molecule has 0 unspecified atom stereocenters. The highest BCUT2D eigenvalue weighted by Crippen LogP contribution is 2.24. The van der Waals surface area contributed by atoms with Crippen molar-refractivity contribution in [2.75, 3.05) is 0 Å². The van der Waals surface area contributed by atoms with Crippen molar-refractivity contribution in [3.05, 3.63) is 74.2 Å². The minimum Gasteiger partial charge on any atom is -0.444 e. The van der Waals surface area contributed by atoms with Gasteiger partial charge in [0.05, 0.1) is 28.0 Å². The van der Waals surface area contributed by atoms with E-state index in [2.05, 4.69) is 20.3 Å². The molecule has 0 saturated carbocycles. The van der Waals surface area contributed by atoms with Gasteiger partial charge in [-0.25, -0.2) is 14.8 Å². The van der Waals surface area contributed by atoms with Gasteiger partial charge in [-0.1, -0.05) is 12.1 Å². The van der Waals surface area contributed by atoms with E-state index in [4.69, 9.17) is 4.74 Å². The summed E-state index contributed by atoms with van der Waals surface area (Å²) < 4.78 is 5.39. The van der Waals surface area contributed by atoms with Crippen molar-refractivity contribution in [3.63, 3.8) is 0 Å². The van der Waals surface area contributed by atoms with Crippen molar-refractivity contribution in [3.8, 4) is 0 Å². The molecule has 3 aromatic rings. The van der Waals surface area contributed by atoms with Gasteiger partial charge in [0.2, 0.25) is 0 Å². The maximum absolute atomic E-state index is 12.4. The number of amides is 1. The Morgan fingerprint density at radius 2 is 2.07 bits per heavy atom. The summed E-state index contributed by atoms with van der Waals surface area (Å²) in [5.41, 5.74) is 1.88. The standard InChI is InChI=1S/C20H23N5O4S/c1-20(2,3)29-19(26)24-16(8-13-4-6-15(7-5-13)25(27)28)17-11-30-18(23-17)9-14-10-21-12-22-14/h4-7,10-12,16H,8-9H2,1-3H3,(H,21,22)(H,24,26)/t16-/m0/s1. The molecule has 0 spiro atoms. The molecule has 0 fully saturated rings. The number of aromatic amines is 1. The van der Waals surface area contributed by atoms with Crippen molar-refractivity contribution in [2.45, 2.75) is 45.3 Å². The van der Waals surface area contributed by atoms with Crippen molar-refractivity contribution < 1.29 is 14.5 Å². The number of carbonyl (C=O) groups is 1. The predicted molar refractivity (Wildman–Crippen MR) is 112 cm³/mol. The van der Waals surface area contributed by atoms with Crippen LogP contribution in [0.5, 0.6) is 0 Å². The quantitative estimate of drug-likeness (QED) is 0.429. The van der Waals surface area contributed by atoms with Crippen LogP contribution in [0.3, 0.4) is 0 Å². The van der Waals surface area contributed by atoms with Crippen LogP contribution < -0.4 is 5.32 Å². The number of alkyl carbamates (subject to hydrolysis) is 1. The molecule has 1 amide bonds. The highest BCUT2D eigenvalue weighted by Gasteiger charge is 2.23. The fourth-order valence-electron chi connectivity index (χ4n) is 2.78. The Bertz CT molecular complexity index is 993. The molecule has 3 rings (SSSR count). The summed E-state index contributed by atoms with van der Waals surface area (Å²) in [6.45, 7) is 5.38. The van der Waals surface area contributed by atoms with E-state index < -0.39 is 22.7 Å². The van der Waals surface area contributed by atoms with Crippen LogP contribution >= 0.6 is 11.3 Å². The molecule has 9 nitrogen and oxygen atoms in total. The Morgan fingerprint density at radius 3 is 2.67 bits per heavy atom. The number of hydrogen-bond donors (Lipinski definition) is 2. The highest BCUT2D eigenvalue weighted by molar-refractivity contribution is 7.09. The third-order valence-electron chi connectivity index (χ3n) is 4.10. The molecule has 0 aliphatic rings. The van der Waals surface area contributed by atoms with Crippen LogP contribution in [0.2, 0.25) is 0 Å². The van der Waals surface area contributed by atoms with Gasteiger partial charge in [-0.05, 0) is 32.8 Å². The molecular formula is C20H23N5O4S. The Morgan fingerprint density at radius 1 is 1.33 bits per heavy atom. The number of nitrogens with one attached hydrogen (secondary N) is 2. The average molecular weight is 430 g/mol. The number of hydrogen-bond acceptors (Lipinski definition) is 7. The van der Waals surface area contributed by atoms with Crippen LogP contribution in [0.25, 0.3) is 0 Å². The van der Waals surface area contributed by atoms with Gasteiger partial charge in [0.1, 0.15) is 5.60 Å². The van der Waals surface area contributed by atoms with Crippen LogP contribution in [0.15, 0.2) is 42.2 Å². The van der Waals surface area contributed by atoms with E-state index in [0.717, 1.165) is 16.3 Å². The second-order valence-electron chi connectivity index (χ2n) is 7.75. The SMILES string of the molecule is CC(C)(C)OC(=O)N[C@@H](Cc1ccc([N+](=O)[O-])cc1)c1csc(Cc2cnc[nH]2)n1. The molecule has 10 heteroatoms. The number of carbonyl (C=O) groups excluding carboxylic acids is 1. The Labute approximate surface area is 177 Å². The molecule has 1 aromatic carbocycles. The number of nitrogens with zero attached hydrogens (tertiary/aromatic N) is 3. The molecule has 0 bridgehead atoms. The average Bonchev–Trinajstić information content (AvgIpc) is 3.32. The number of thiazole rings is 1. The molecule has 2 aromatic heterocycles. The molecule has 1 atom stereocenters. The lowest BCUT2D eigenvalue weighted by atomic mass is 10.0. The molecule has 0 aliphatic carbocycles. The van der Waals surface area contributed by atoms with Gasteiger partial charge < -0.3 is 15.0 Å². The minimum atomic E-state index is -0.629. The van der Waals surface area contributed by atoms with E-state index in [1.807, 2.05) is 5.38 Å². The van der Waals surface area contributed by atoms with E-state index in [1.54, 1.807) is 45.4 Å². The number of non-ortho nitro benzene ring substituents is 1. The summed E-state index contributed by atoms with van der Waals surface area (Å²) in [5, 5.41) is 16.5. The third-order valence-corrected chi connectivity index (χ3v) is 4.97. The molecule has 2 heterocycles. The van der Waals surface area contributed by atoms with Crippen LogP contribution in [-0.4, -0.2) is 31.6 Å². The number of H-pyrrole nitrogens is 1. The second-order valence-corrected chi connectivity index (χ2v) is 8.69. The first-order chi connectivity index (χ1) is 14.2. The Kier molecular flexibility index (Phi) is 6.46. The van der Waals surface area contributed by atoms with Gasteiger partial charge in [0, 0.05) is 35.8 Å². The van der Waals surface area contributed by atoms with Gasteiger partial charge >= 0.3 is 6.09 Å². The first-order valence-electron chi connectivity index (χ1n) is 9.34. The van der Waals surface area contributed by atoms with Gasteiger partial charge in [-0.3, -0.25) is 10.1 Å². The van der Waals surface area contributed by atoms with E-state index in [9.17, 15) is 14.9 Å². The van der Waals surface area contributed by atoms with Crippen molar-refractivity contribution in [1.82, 2.24) is 20.3 Å². The monoisotopic (exact) mass is 429 g/mol. The fourth-order valence-corrected chi connectivity index (χ4v) is 3.65. The lowest BCUT2D eigenvalue weighted by Crippen LogP contribution is -2.36. The van der Waals surface area contributed by atoms with Gasteiger partial charge in [-0.2, -0.15) is 0 Å². The summed E-state index contributed by atoms with van der Waals surface area (Å²) in [6, 6.07) is 5.82. The van der Waals surface area contributed by atoms with Crippen molar-refractivity contribution in [2.24, 2.45) is 0 Å². The van der Waals surface area contributed by atoms with Crippen LogP contribution in [0.1, 0.15) is 48.8 Å². The molecule has 0 radical (unpaired) electrons. The normalized spacial score (nSPS) is 12.4. The van der Waals surface area contributed by atoms with Gasteiger partial charge in [-0.15, -0.1) is 11.3 Å². The predicted octanol–water partition coefficient (Wildman–Crippen LogP) is 4.17. The Balaban J connectivity index is 1.79. The molecule has 0 aliphatic heterocycles. The second kappa shape index (κ2) is 9.04. The largest absolute Gasteiger partial charge is 0.444 e. The smallest absolute Gasteiger partial charge is 0.408 e. The number of nitro groups is 1. The maximum Gasteiger partial charge on any atom is 0.408 e. The third kappa shape index (κ3) is 6.11. The zero-order valence-corrected chi connectivity index (χ0v) is 17.7. The molecule has 158 valence electrons. The number of benzene rings is 1. The lowest BCUT2D eigenvalue weighted by Gasteiger charge is -2.23. The molecule has 0 saturated heterocycles. The van der Waals surface area contributed by atoms with E-state index in [0.29, 0.717) is 18.5 Å². The van der Waals surface area contributed by atoms with E-state index >= 15 is 0 Å². The number of ether oxygens (including phenoxy) is 1. The summed E-state index contributed by atoms with van der Waals surface area (Å²) in [4.78, 5) is 34.5. The topological polar surface area (TPSA) is 123 Å². The van der Waals surface area contributed by atoms with Crippen LogP contribution in [0.4, 0.5) is 10.5 Å². The van der Waals surface area contributed by atoms with Gasteiger partial charge in [0.25, 0.3) is 5.69 Å². The minimum absolute atomic E-state index is 0.0194. The molecule has 30 heavy (non-hydrogen) atoms. The molecular weight excluding hydrogens is 406 g/mol. The van der Waals surface area contributed by atoms with Crippen LogP contribution in [0, 0.1) is 10.1 Å². The lowest BCUT2D eigenvalue weighted by molar-refractivity contribution is -0.384. The molecule has 2 N–H and O–H groups in total. The van der Waals surface area contributed by atoms with Crippen LogP contribution in [-0.2, 0) is 17.6 Å². The van der Waals surface area contributed by atoms with Gasteiger partial charge in [0.15, 0.2) is 0 Å². The first kappa shape index (κ1) is 21.4. The van der Waals surface area contributed by atoms with E-state index in [1.165, 1.54) is 23.5 Å². The highest BCUT2D eigenvalue weighted by atomic mass is 32.1. The van der Waals surface area contributed by atoms with E-state index in [-0.39, 0.29) is 5.69 Å². The number of imidazole rings is 1. The Hall–Kier alpha value is -3.27. The summed E-state index contributed by atoms with van der Waals surface area (Å²) >= 11 is 1.49. The van der Waals surface area contributed by atoms with Crippen molar-refractivity contribution >= 4 is 23.1 Å². The summed E-state index contributed by atoms with van der Waals surface area (Å²) in [7, 11) is 0. The fraction of sp³-hybridized carbons (Fsp3) is 0.350. The zero-order chi connectivity index (χ0) is 21.7. The zero-order valence-electron chi connectivity index (χ0n) is 16.9. The summed E-state index contributed by atoms with van der Waals surface area (Å²) in [5.74, 6) is 0. The number of rotatable bonds is 7. The van der Waals surface area contributed by atoms with Crippen molar-refractivity contribution in [1.29, 1.82) is 0 Å². The summed E-state index contributed by atoms with van der Waals surface area (Å²) in [6.07, 6.45) is 3.85. The maximum atomic E-state index is 12.4.